The van der Waals surface area contributed by atoms with Gasteiger partial charge in [-0.1, -0.05) is 35.2 Å². The Balaban J connectivity index is 0.00000156. The van der Waals surface area contributed by atoms with Crippen molar-refractivity contribution in [2.75, 3.05) is 26.2 Å². The lowest BCUT2D eigenvalue weighted by atomic mass is 9.80. The van der Waals surface area contributed by atoms with E-state index in [9.17, 15) is 5.11 Å². The molecule has 144 valence electrons. The van der Waals surface area contributed by atoms with Crippen LogP contribution in [0.2, 0.25) is 0 Å². The summed E-state index contributed by atoms with van der Waals surface area (Å²) in [6, 6.07) is 2.34. The monoisotopic (exact) mass is 580 g/mol. The smallest absolute Gasteiger partial charge is 0.144 e. The third-order valence-corrected chi connectivity index (χ3v) is 7.18. The number of nitrogens with one attached hydrogen (secondary N) is 1. The molecule has 1 heterocycles. The predicted octanol–water partition coefficient (Wildman–Crippen LogP) is 6.05. The Morgan fingerprint density at radius 1 is 1.00 bits per heavy atom. The Morgan fingerprint density at radius 2 is 1.60 bits per heavy atom. The lowest BCUT2D eigenvalue weighted by molar-refractivity contribution is 0.102. The molecule has 2 N–H and O–H groups in total. The van der Waals surface area contributed by atoms with Crippen molar-refractivity contribution < 1.29 is 5.11 Å². The third-order valence-electron chi connectivity index (χ3n) is 5.12. The van der Waals surface area contributed by atoms with Crippen LogP contribution in [0.3, 0.4) is 0 Å². The van der Waals surface area contributed by atoms with Gasteiger partial charge in [-0.3, -0.25) is 4.90 Å². The molecule has 1 saturated carbocycles. The fourth-order valence-corrected chi connectivity index (χ4v) is 6.58. The van der Waals surface area contributed by atoms with Gasteiger partial charge in [-0.05, 0) is 56.7 Å². The number of phenolic OH excluding ortho intramolecular Hbond substituents is 1. The van der Waals surface area contributed by atoms with Gasteiger partial charge in [-0.25, -0.2) is 0 Å². The molecule has 0 bridgehead atoms. The van der Waals surface area contributed by atoms with Crippen molar-refractivity contribution in [3.63, 3.8) is 0 Å². The molecule has 25 heavy (non-hydrogen) atoms. The van der Waals surface area contributed by atoms with Gasteiger partial charge in [0.05, 0.1) is 8.95 Å². The number of piperazine rings is 1. The third kappa shape index (κ3) is 5.49. The van der Waals surface area contributed by atoms with Crippen LogP contribution in [0.4, 0.5) is 0 Å². The number of hydrogen-bond donors (Lipinski definition) is 2. The van der Waals surface area contributed by atoms with Gasteiger partial charge in [0.1, 0.15) is 5.75 Å². The summed E-state index contributed by atoms with van der Waals surface area (Å²) >= 11 is 10.9. The Hall–Kier alpha value is 0.960. The normalized spacial score (nSPS) is 20.4. The van der Waals surface area contributed by atoms with E-state index < -0.39 is 0 Å². The number of phenols is 1. The summed E-state index contributed by atoms with van der Waals surface area (Å²) < 4.78 is 2.62. The van der Waals surface area contributed by atoms with E-state index in [1.165, 1.54) is 37.7 Å². The minimum Gasteiger partial charge on any atom is -0.506 e. The summed E-state index contributed by atoms with van der Waals surface area (Å²) in [6.45, 7) is 4.22. The van der Waals surface area contributed by atoms with Crippen LogP contribution in [0.5, 0.6) is 5.75 Å². The van der Waals surface area contributed by atoms with E-state index >= 15 is 0 Å². The molecule has 0 radical (unpaired) electrons. The number of rotatable bonds is 3. The number of halogens is 5. The summed E-state index contributed by atoms with van der Waals surface area (Å²) in [4.78, 5) is 2.60. The van der Waals surface area contributed by atoms with Gasteiger partial charge in [-0.2, -0.15) is 0 Å². The highest BCUT2D eigenvalue weighted by atomic mass is 79.9. The molecular formula is C17H25Br3Cl2N2O. The van der Waals surface area contributed by atoms with Gasteiger partial charge in [0, 0.05) is 42.3 Å². The highest BCUT2D eigenvalue weighted by Crippen LogP contribution is 2.48. The fraction of sp³-hybridized carbons (Fsp3) is 0.647. The van der Waals surface area contributed by atoms with Crippen LogP contribution in [0.1, 0.15) is 43.7 Å². The van der Waals surface area contributed by atoms with Crippen molar-refractivity contribution in [2.24, 2.45) is 5.92 Å². The minimum absolute atomic E-state index is 0. The first-order valence-corrected chi connectivity index (χ1v) is 10.8. The Labute approximate surface area is 187 Å². The largest absolute Gasteiger partial charge is 0.506 e. The van der Waals surface area contributed by atoms with Crippen molar-refractivity contribution in [3.8, 4) is 5.75 Å². The van der Waals surface area contributed by atoms with E-state index in [1.54, 1.807) is 0 Å². The maximum Gasteiger partial charge on any atom is 0.144 e. The Morgan fingerprint density at radius 3 is 2.20 bits per heavy atom. The van der Waals surface area contributed by atoms with Crippen LogP contribution in [-0.2, 0) is 0 Å². The van der Waals surface area contributed by atoms with E-state index in [0.29, 0.717) is 17.7 Å². The van der Waals surface area contributed by atoms with Crippen molar-refractivity contribution >= 4 is 72.6 Å². The SMILES string of the molecule is Cl.Cl.Oc1c(Br)cc(Br)c([C@H](C2CCCCC2)N2CCNCC2)c1Br. The lowest BCUT2D eigenvalue weighted by Gasteiger charge is -2.42. The van der Waals surface area contributed by atoms with Gasteiger partial charge in [0.25, 0.3) is 0 Å². The highest BCUT2D eigenvalue weighted by molar-refractivity contribution is 9.11. The zero-order valence-corrected chi connectivity index (χ0v) is 20.3. The van der Waals surface area contributed by atoms with Crippen LogP contribution in [0.15, 0.2) is 19.5 Å². The number of benzene rings is 1. The van der Waals surface area contributed by atoms with Crippen molar-refractivity contribution in [3.05, 3.63) is 25.0 Å². The molecule has 2 aliphatic rings. The summed E-state index contributed by atoms with van der Waals surface area (Å²) in [7, 11) is 0. The Kier molecular flexibility index (Phi) is 10.6. The predicted molar refractivity (Wildman–Crippen MR) is 119 cm³/mol. The molecule has 0 amide bonds. The minimum atomic E-state index is 0. The first kappa shape index (κ1) is 24.0. The molecule has 2 fully saturated rings. The summed E-state index contributed by atoms with van der Waals surface area (Å²) in [5.74, 6) is 0.967. The second kappa shape index (κ2) is 11.1. The first-order valence-electron chi connectivity index (χ1n) is 8.40. The van der Waals surface area contributed by atoms with Crippen molar-refractivity contribution in [1.29, 1.82) is 0 Å². The standard InChI is InChI=1S/C17H23Br3N2O.2ClH/c18-12-10-13(19)17(23)15(20)14(12)16(11-4-2-1-3-5-11)22-8-6-21-7-9-22;;/h10-11,16,21,23H,1-9H2;2*1H/t16-;;/m0../s1. The van der Waals surface area contributed by atoms with E-state index in [2.05, 4.69) is 58.0 Å². The molecule has 1 aliphatic carbocycles. The van der Waals surface area contributed by atoms with Crippen molar-refractivity contribution in [2.45, 2.75) is 38.1 Å². The van der Waals surface area contributed by atoms with Gasteiger partial charge in [0.2, 0.25) is 0 Å². The van der Waals surface area contributed by atoms with Crippen LogP contribution < -0.4 is 5.32 Å². The number of hydrogen-bond acceptors (Lipinski definition) is 3. The van der Waals surface area contributed by atoms with Gasteiger partial charge < -0.3 is 10.4 Å². The summed E-state index contributed by atoms with van der Waals surface area (Å²) in [6.07, 6.45) is 6.57. The average molecular weight is 584 g/mol. The molecular weight excluding hydrogens is 559 g/mol. The average Bonchev–Trinajstić information content (AvgIpc) is 2.58. The second-order valence-corrected chi connectivity index (χ2v) is 9.05. The lowest BCUT2D eigenvalue weighted by Crippen LogP contribution is -2.47. The summed E-state index contributed by atoms with van der Waals surface area (Å²) in [5, 5.41) is 13.9. The molecule has 0 aromatic heterocycles. The molecule has 0 spiro atoms. The quantitative estimate of drug-likeness (QED) is 0.455. The Bertz CT molecular complexity index is 547. The fourth-order valence-electron chi connectivity index (χ4n) is 3.99. The van der Waals surface area contributed by atoms with E-state index in [1.807, 2.05) is 6.07 Å². The molecule has 1 aromatic rings. The molecule has 0 unspecified atom stereocenters. The maximum absolute atomic E-state index is 10.4. The van der Waals surface area contributed by atoms with E-state index in [0.717, 1.165) is 39.6 Å². The van der Waals surface area contributed by atoms with Crippen LogP contribution >= 0.6 is 72.6 Å². The van der Waals surface area contributed by atoms with Gasteiger partial charge in [0.15, 0.2) is 0 Å². The number of nitrogens with zero attached hydrogens (tertiary/aromatic N) is 1. The highest BCUT2D eigenvalue weighted by Gasteiger charge is 2.34. The van der Waals surface area contributed by atoms with Gasteiger partial charge >= 0.3 is 0 Å². The van der Waals surface area contributed by atoms with E-state index in [-0.39, 0.29) is 24.8 Å². The van der Waals surface area contributed by atoms with Crippen LogP contribution in [0.25, 0.3) is 0 Å². The first-order chi connectivity index (χ1) is 11.1. The molecule has 1 aromatic carbocycles. The van der Waals surface area contributed by atoms with Crippen molar-refractivity contribution in [1.82, 2.24) is 10.2 Å². The van der Waals surface area contributed by atoms with Gasteiger partial charge in [-0.15, -0.1) is 24.8 Å². The molecule has 1 atom stereocenters. The molecule has 8 heteroatoms. The van der Waals surface area contributed by atoms with E-state index in [4.69, 9.17) is 0 Å². The zero-order chi connectivity index (χ0) is 16.4. The second-order valence-electron chi connectivity index (χ2n) is 6.55. The maximum atomic E-state index is 10.4. The zero-order valence-electron chi connectivity index (χ0n) is 13.9. The molecule has 1 aliphatic heterocycles. The summed E-state index contributed by atoms with van der Waals surface area (Å²) in [5.41, 5.74) is 1.21. The molecule has 3 rings (SSSR count). The van der Waals surface area contributed by atoms with Crippen LogP contribution in [0, 0.1) is 5.92 Å². The van der Waals surface area contributed by atoms with Crippen LogP contribution in [-0.4, -0.2) is 36.2 Å². The number of aromatic hydroxyl groups is 1. The molecule has 1 saturated heterocycles. The molecule has 3 nitrogen and oxygen atoms in total. The topological polar surface area (TPSA) is 35.5 Å².